The highest BCUT2D eigenvalue weighted by Gasteiger charge is 2.50. The molecule has 0 bridgehead atoms. The van der Waals surface area contributed by atoms with Gasteiger partial charge in [-0.25, -0.2) is 8.42 Å². The van der Waals surface area contributed by atoms with E-state index in [9.17, 15) is 38.4 Å². The van der Waals surface area contributed by atoms with Crippen LogP contribution < -0.4 is 0 Å². The number of unbranched alkanes of at least 4 members (excludes halogenated alkanes) is 2. The molecule has 0 aromatic heterocycles. The molecule has 15 heteroatoms. The third-order valence-electron chi connectivity index (χ3n) is 6.03. The summed E-state index contributed by atoms with van der Waals surface area (Å²) >= 11 is 0. The summed E-state index contributed by atoms with van der Waals surface area (Å²) in [5, 5.41) is 0. The number of nitrogens with zero attached hydrogens (tertiary/aromatic N) is 1. The zero-order valence-electron chi connectivity index (χ0n) is 18.5. The molecule has 0 fully saturated rings. The van der Waals surface area contributed by atoms with Crippen molar-refractivity contribution >= 4 is 41.5 Å². The predicted molar refractivity (Wildman–Crippen MR) is 118 cm³/mol. The van der Waals surface area contributed by atoms with Crippen molar-refractivity contribution in [2.45, 2.75) is 61.8 Å². The Balaban J connectivity index is 2.44. The molecule has 0 saturated heterocycles. The molecule has 0 saturated carbocycles. The summed E-state index contributed by atoms with van der Waals surface area (Å²) in [4.78, 5) is -0.913. The second kappa shape index (κ2) is 9.84. The summed E-state index contributed by atoms with van der Waals surface area (Å²) in [6.07, 6.45) is 1.08. The van der Waals surface area contributed by atoms with Crippen LogP contribution in [-0.2, 0) is 35.5 Å². The first-order valence-corrected chi connectivity index (χ1v) is 15.0. The van der Waals surface area contributed by atoms with Gasteiger partial charge in [0, 0.05) is 25.0 Å². The molecule has 0 spiro atoms. The van der Waals surface area contributed by atoms with Gasteiger partial charge < -0.3 is 0 Å². The fraction of sp³-hybridized carbons (Fsp3) is 0.632. The molecule has 9 nitrogen and oxygen atoms in total. The second-order valence-corrected chi connectivity index (χ2v) is 13.5. The fourth-order valence-corrected chi connectivity index (χ4v) is 6.01. The maximum atomic E-state index is 13.1. The van der Waals surface area contributed by atoms with Crippen LogP contribution in [0.15, 0.2) is 23.1 Å². The normalized spacial score (nSPS) is 19.5. The summed E-state index contributed by atoms with van der Waals surface area (Å²) in [5.74, 6) is -0.945. The molecule has 1 heterocycles. The second-order valence-electron chi connectivity index (χ2n) is 8.43. The lowest BCUT2D eigenvalue weighted by Gasteiger charge is -2.22. The predicted octanol–water partition coefficient (Wildman–Crippen LogP) is 3.08. The Hall–Kier alpha value is -1.55. The van der Waals surface area contributed by atoms with Crippen molar-refractivity contribution in [3.05, 3.63) is 23.8 Å². The average Bonchev–Trinajstić information content (AvgIpc) is 2.87. The van der Waals surface area contributed by atoms with E-state index in [0.717, 1.165) is 12.1 Å². The highest BCUT2D eigenvalue weighted by molar-refractivity contribution is 7.92. The number of hydrogen-bond acceptors (Lipinski definition) is 6. The van der Waals surface area contributed by atoms with Gasteiger partial charge in [0.05, 0.1) is 21.8 Å². The van der Waals surface area contributed by atoms with Gasteiger partial charge in [-0.05, 0) is 38.3 Å². The molecule has 1 aromatic rings. The largest absolute Gasteiger partial charge is 0.501 e. The number of rotatable bonds is 11. The molecule has 1 unspecified atom stereocenters. The maximum absolute atomic E-state index is 13.1. The molecule has 0 aliphatic carbocycles. The third-order valence-corrected chi connectivity index (χ3v) is 9.13. The van der Waals surface area contributed by atoms with Gasteiger partial charge in [0.2, 0.25) is 5.69 Å². The number of fused-ring (bicyclic) bond motifs is 1. The molecule has 1 aliphatic rings. The van der Waals surface area contributed by atoms with Crippen LogP contribution in [0.4, 0.5) is 18.9 Å². The number of halogens is 3. The molecular weight excluding hydrogens is 523 g/mol. The molecule has 1 aromatic carbocycles. The summed E-state index contributed by atoms with van der Waals surface area (Å²) in [6, 6.07) is 3.11. The first-order chi connectivity index (χ1) is 15.3. The van der Waals surface area contributed by atoms with Gasteiger partial charge in [0.15, 0.2) is 5.71 Å². The molecule has 2 rings (SSSR count). The van der Waals surface area contributed by atoms with Gasteiger partial charge in [-0.1, -0.05) is 6.42 Å². The van der Waals surface area contributed by atoms with Crippen molar-refractivity contribution in [1.82, 2.24) is 0 Å². The zero-order valence-corrected chi connectivity index (χ0v) is 21.0. The lowest BCUT2D eigenvalue weighted by atomic mass is 9.76. The molecule has 194 valence electrons. The monoisotopic (exact) mass is 550 g/mol. The molecule has 1 atom stereocenters. The quantitative estimate of drug-likeness (QED) is 0.243. The van der Waals surface area contributed by atoms with Crippen LogP contribution in [-0.4, -0.2) is 68.2 Å². The molecular formula is C19H27F3NO8S3+. The average molecular weight is 551 g/mol. The van der Waals surface area contributed by atoms with Crippen LogP contribution in [0, 0.1) is 0 Å². The Bertz CT molecular complexity index is 1290. The molecule has 34 heavy (non-hydrogen) atoms. The zero-order chi connectivity index (χ0) is 26.2. The Kier molecular flexibility index (Phi) is 8.30. The van der Waals surface area contributed by atoms with Crippen LogP contribution in [0.5, 0.6) is 0 Å². The van der Waals surface area contributed by atoms with Gasteiger partial charge in [0.25, 0.3) is 30.1 Å². The number of hydrogen-bond donors (Lipinski definition) is 2. The van der Waals surface area contributed by atoms with E-state index in [1.165, 1.54) is 6.07 Å². The van der Waals surface area contributed by atoms with Crippen LogP contribution in [0.2, 0.25) is 0 Å². The summed E-state index contributed by atoms with van der Waals surface area (Å²) in [6.45, 7) is 3.68. The molecule has 2 N–H and O–H groups in total. The molecule has 0 amide bonds. The first-order valence-electron chi connectivity index (χ1n) is 10.3. The maximum Gasteiger partial charge on any atom is 0.501 e. The first kappa shape index (κ1) is 28.7. The minimum Gasteiger partial charge on any atom is -0.286 e. The summed E-state index contributed by atoms with van der Waals surface area (Å²) in [5.41, 5.74) is -4.98. The van der Waals surface area contributed by atoms with Crippen molar-refractivity contribution in [2.24, 2.45) is 0 Å². The number of benzene rings is 1. The lowest BCUT2D eigenvalue weighted by Crippen LogP contribution is -2.31. The van der Waals surface area contributed by atoms with E-state index < -0.39 is 57.4 Å². The molecule has 0 radical (unpaired) electrons. The highest BCUT2D eigenvalue weighted by atomic mass is 32.2. The van der Waals surface area contributed by atoms with Crippen molar-refractivity contribution < 1.29 is 52.1 Å². The Morgan fingerprint density at radius 1 is 0.912 bits per heavy atom. The van der Waals surface area contributed by atoms with Gasteiger partial charge in [-0.15, -0.1) is 0 Å². The van der Waals surface area contributed by atoms with E-state index >= 15 is 0 Å². The summed E-state index contributed by atoms with van der Waals surface area (Å²) < 4.78 is 127. The van der Waals surface area contributed by atoms with Crippen molar-refractivity contribution in [3.63, 3.8) is 0 Å². The topological polar surface area (TPSA) is 146 Å². The van der Waals surface area contributed by atoms with E-state index in [0.29, 0.717) is 23.4 Å². The fourth-order valence-electron chi connectivity index (χ4n) is 4.09. The number of alkyl halides is 3. The van der Waals surface area contributed by atoms with Crippen LogP contribution in [0.1, 0.15) is 51.5 Å². The van der Waals surface area contributed by atoms with Crippen LogP contribution >= 0.6 is 0 Å². The smallest absolute Gasteiger partial charge is 0.286 e. The Labute approximate surface area is 197 Å². The van der Waals surface area contributed by atoms with E-state index in [2.05, 4.69) is 0 Å². The van der Waals surface area contributed by atoms with Crippen LogP contribution in [0.3, 0.4) is 0 Å². The summed E-state index contributed by atoms with van der Waals surface area (Å²) in [7, 11) is -13.9. The van der Waals surface area contributed by atoms with Crippen molar-refractivity contribution in [3.8, 4) is 0 Å². The standard InChI is InChI=1S/C19H26F3NO8S3/c1-14-18(2,9-3-5-11-32(24,25)26)16-13-15(34(30,31)19(20,21)22)7-8-17(16)23(14)10-4-6-12-33(27,28)29/h7-8,13H,3-6,9-12H2,1-2H3,(H-,24,25,26,27,28,29)/p+1. The van der Waals surface area contributed by atoms with E-state index in [1.54, 1.807) is 18.4 Å². The van der Waals surface area contributed by atoms with Gasteiger partial charge >= 0.3 is 5.51 Å². The van der Waals surface area contributed by atoms with Gasteiger partial charge in [0.1, 0.15) is 6.54 Å². The van der Waals surface area contributed by atoms with E-state index in [1.807, 2.05) is 0 Å². The number of sulfone groups is 1. The van der Waals surface area contributed by atoms with Gasteiger partial charge in [-0.2, -0.15) is 34.6 Å². The van der Waals surface area contributed by atoms with Crippen molar-refractivity contribution in [1.29, 1.82) is 0 Å². The third kappa shape index (κ3) is 6.56. The highest BCUT2D eigenvalue weighted by Crippen LogP contribution is 2.45. The minimum absolute atomic E-state index is 0.0892. The lowest BCUT2D eigenvalue weighted by molar-refractivity contribution is -0.439. The Morgan fingerprint density at radius 2 is 1.44 bits per heavy atom. The van der Waals surface area contributed by atoms with E-state index in [4.69, 9.17) is 9.11 Å². The van der Waals surface area contributed by atoms with Gasteiger partial charge in [-0.3, -0.25) is 9.11 Å². The minimum atomic E-state index is -5.60. The molecule has 1 aliphatic heterocycles. The van der Waals surface area contributed by atoms with Crippen molar-refractivity contribution in [2.75, 3.05) is 18.1 Å². The Morgan fingerprint density at radius 3 is 1.94 bits per heavy atom. The van der Waals surface area contributed by atoms with E-state index in [-0.39, 0.29) is 32.2 Å². The SMILES string of the molecule is CC1=[N+](CCCCS(=O)(=O)O)c2ccc(S(=O)(=O)C(F)(F)F)cc2C1(C)CCCCS(=O)(=O)O. The van der Waals surface area contributed by atoms with Crippen LogP contribution in [0.25, 0.3) is 0 Å².